The molecule has 0 bridgehead atoms. The quantitative estimate of drug-likeness (QED) is 0.738. The van der Waals surface area contributed by atoms with Gasteiger partial charge in [-0.15, -0.1) is 0 Å². The zero-order valence-corrected chi connectivity index (χ0v) is 11.8. The summed E-state index contributed by atoms with van der Waals surface area (Å²) in [4.78, 5) is 11.1. The Morgan fingerprint density at radius 2 is 2.00 bits per heavy atom. The normalized spacial score (nSPS) is 13.9. The van der Waals surface area contributed by atoms with Gasteiger partial charge in [0.2, 0.25) is 0 Å². The zero-order valence-electron chi connectivity index (χ0n) is 11.8. The fourth-order valence-corrected chi connectivity index (χ4v) is 2.02. The number of aliphatic hydroxyl groups is 1. The van der Waals surface area contributed by atoms with Crippen molar-refractivity contribution in [3.63, 3.8) is 0 Å². The minimum Gasteiger partial charge on any atom is -0.469 e. The van der Waals surface area contributed by atoms with Crippen LogP contribution in [0.1, 0.15) is 37.0 Å². The van der Waals surface area contributed by atoms with Crippen LogP contribution in [-0.2, 0) is 16.0 Å². The van der Waals surface area contributed by atoms with E-state index in [1.54, 1.807) is 7.05 Å². The maximum atomic E-state index is 11.1. The van der Waals surface area contributed by atoms with Crippen molar-refractivity contribution in [2.75, 3.05) is 14.2 Å². The first-order chi connectivity index (χ1) is 9.12. The second-order valence-electron chi connectivity index (χ2n) is 4.55. The Bertz CT molecular complexity index is 389. The largest absolute Gasteiger partial charge is 0.469 e. The Hall–Kier alpha value is -1.39. The Labute approximate surface area is 114 Å². The molecule has 0 aliphatic carbocycles. The maximum absolute atomic E-state index is 11.1. The molecule has 19 heavy (non-hydrogen) atoms. The molecule has 4 nitrogen and oxygen atoms in total. The van der Waals surface area contributed by atoms with Crippen molar-refractivity contribution in [1.82, 2.24) is 5.32 Å². The predicted molar refractivity (Wildman–Crippen MR) is 74.9 cm³/mol. The van der Waals surface area contributed by atoms with Crippen LogP contribution in [-0.4, -0.2) is 31.3 Å². The van der Waals surface area contributed by atoms with E-state index in [0.717, 1.165) is 12.0 Å². The van der Waals surface area contributed by atoms with Crippen molar-refractivity contribution in [2.45, 2.75) is 38.3 Å². The number of hydrogen-bond donors (Lipinski definition) is 2. The summed E-state index contributed by atoms with van der Waals surface area (Å²) in [5.41, 5.74) is 2.10. The summed E-state index contributed by atoms with van der Waals surface area (Å²) in [6.45, 7) is 2.10. The average molecular weight is 265 g/mol. The first-order valence-corrected chi connectivity index (χ1v) is 6.63. The molecule has 0 fully saturated rings. The van der Waals surface area contributed by atoms with Crippen molar-refractivity contribution in [3.05, 3.63) is 35.4 Å². The molecule has 4 heteroatoms. The van der Waals surface area contributed by atoms with Gasteiger partial charge in [-0.3, -0.25) is 4.79 Å². The monoisotopic (exact) mass is 265 g/mol. The van der Waals surface area contributed by atoms with Gasteiger partial charge in [-0.05, 0) is 31.0 Å². The molecule has 0 saturated heterocycles. The highest BCUT2D eigenvalue weighted by Gasteiger charge is 2.20. The molecule has 2 unspecified atom stereocenters. The van der Waals surface area contributed by atoms with E-state index in [1.165, 1.54) is 12.7 Å². The van der Waals surface area contributed by atoms with Crippen LogP contribution in [0.4, 0.5) is 0 Å². The van der Waals surface area contributed by atoms with E-state index in [-0.39, 0.29) is 12.0 Å². The molecule has 0 heterocycles. The third-order valence-corrected chi connectivity index (χ3v) is 3.37. The lowest BCUT2D eigenvalue weighted by Crippen LogP contribution is -2.32. The van der Waals surface area contributed by atoms with Crippen LogP contribution < -0.4 is 5.32 Å². The van der Waals surface area contributed by atoms with Crippen LogP contribution >= 0.6 is 0 Å². The molecule has 0 aliphatic rings. The predicted octanol–water partition coefficient (Wildman–Crippen LogP) is 1.82. The zero-order chi connectivity index (χ0) is 14.3. The number of rotatable bonds is 7. The average Bonchev–Trinajstić information content (AvgIpc) is 2.47. The van der Waals surface area contributed by atoms with Gasteiger partial charge in [-0.1, -0.05) is 31.2 Å². The summed E-state index contributed by atoms with van der Waals surface area (Å²) in [5, 5.41) is 13.4. The third kappa shape index (κ3) is 4.65. The number of ether oxygens (including phenoxy) is 1. The number of methoxy groups -OCH3 is 1. The topological polar surface area (TPSA) is 58.6 Å². The Morgan fingerprint density at radius 3 is 2.47 bits per heavy atom. The molecular formula is C15H23NO3. The van der Waals surface area contributed by atoms with E-state index in [4.69, 9.17) is 0 Å². The number of nitrogens with one attached hydrogen (secondary N) is 1. The SMILES string of the molecule is CCc1ccc(C(O)C(CCC(=O)OC)NC)cc1. The molecule has 0 aromatic heterocycles. The van der Waals surface area contributed by atoms with Crippen molar-refractivity contribution >= 4 is 5.97 Å². The summed E-state index contributed by atoms with van der Waals surface area (Å²) in [5.74, 6) is -0.256. The lowest BCUT2D eigenvalue weighted by Gasteiger charge is -2.22. The summed E-state index contributed by atoms with van der Waals surface area (Å²) in [6, 6.07) is 7.75. The molecule has 2 atom stereocenters. The lowest BCUT2D eigenvalue weighted by atomic mass is 9.97. The molecule has 0 amide bonds. The number of likely N-dealkylation sites (N-methyl/N-ethyl adjacent to an activating group) is 1. The van der Waals surface area contributed by atoms with Gasteiger partial charge in [-0.25, -0.2) is 0 Å². The number of aryl methyl sites for hydroxylation is 1. The first kappa shape index (κ1) is 15.7. The van der Waals surface area contributed by atoms with Crippen LogP contribution in [0.5, 0.6) is 0 Å². The molecule has 0 saturated carbocycles. The number of hydrogen-bond acceptors (Lipinski definition) is 4. The minimum absolute atomic E-state index is 0.161. The molecule has 0 aliphatic heterocycles. The Morgan fingerprint density at radius 1 is 1.37 bits per heavy atom. The van der Waals surface area contributed by atoms with Crippen LogP contribution in [0.15, 0.2) is 24.3 Å². The van der Waals surface area contributed by atoms with E-state index in [0.29, 0.717) is 12.8 Å². The molecule has 1 aromatic carbocycles. The van der Waals surface area contributed by atoms with Crippen LogP contribution in [0.25, 0.3) is 0 Å². The lowest BCUT2D eigenvalue weighted by molar-refractivity contribution is -0.140. The summed E-state index contributed by atoms with van der Waals surface area (Å²) in [7, 11) is 3.15. The Balaban J connectivity index is 2.65. The van der Waals surface area contributed by atoms with Gasteiger partial charge in [0.05, 0.1) is 13.2 Å². The number of carbonyl (C=O) groups excluding carboxylic acids is 1. The molecule has 2 N–H and O–H groups in total. The van der Waals surface area contributed by atoms with E-state index >= 15 is 0 Å². The van der Waals surface area contributed by atoms with Crippen molar-refractivity contribution in [2.24, 2.45) is 0 Å². The molecule has 0 radical (unpaired) electrons. The highest BCUT2D eigenvalue weighted by molar-refractivity contribution is 5.69. The van der Waals surface area contributed by atoms with E-state index in [2.05, 4.69) is 17.0 Å². The smallest absolute Gasteiger partial charge is 0.305 e. The number of aliphatic hydroxyl groups excluding tert-OH is 1. The van der Waals surface area contributed by atoms with Gasteiger partial charge in [-0.2, -0.15) is 0 Å². The van der Waals surface area contributed by atoms with Gasteiger partial charge in [0.25, 0.3) is 0 Å². The Kier molecular flexibility index (Phi) is 6.53. The molecule has 1 rings (SSSR count). The molecular weight excluding hydrogens is 242 g/mol. The summed E-state index contributed by atoms with van der Waals surface area (Å²) >= 11 is 0. The van der Waals surface area contributed by atoms with Crippen molar-refractivity contribution in [3.8, 4) is 0 Å². The van der Waals surface area contributed by atoms with Gasteiger partial charge < -0.3 is 15.2 Å². The van der Waals surface area contributed by atoms with Gasteiger partial charge >= 0.3 is 5.97 Å². The van der Waals surface area contributed by atoms with Gasteiger partial charge in [0, 0.05) is 12.5 Å². The van der Waals surface area contributed by atoms with E-state index in [1.807, 2.05) is 24.3 Å². The van der Waals surface area contributed by atoms with Crippen molar-refractivity contribution < 1.29 is 14.6 Å². The standard InChI is InChI=1S/C15H23NO3/c1-4-11-5-7-12(8-6-11)15(18)13(16-2)9-10-14(17)19-3/h5-8,13,15-16,18H,4,9-10H2,1-3H3. The number of carbonyl (C=O) groups is 1. The molecule has 1 aromatic rings. The number of esters is 1. The fourth-order valence-electron chi connectivity index (χ4n) is 2.02. The highest BCUT2D eigenvalue weighted by atomic mass is 16.5. The van der Waals surface area contributed by atoms with Crippen LogP contribution in [0, 0.1) is 0 Å². The van der Waals surface area contributed by atoms with Gasteiger partial charge in [0.1, 0.15) is 0 Å². The minimum atomic E-state index is -0.624. The van der Waals surface area contributed by atoms with Crippen LogP contribution in [0.3, 0.4) is 0 Å². The second-order valence-corrected chi connectivity index (χ2v) is 4.55. The molecule has 106 valence electrons. The summed E-state index contributed by atoms with van der Waals surface area (Å²) in [6.07, 6.45) is 1.20. The van der Waals surface area contributed by atoms with E-state index in [9.17, 15) is 9.90 Å². The van der Waals surface area contributed by atoms with Crippen molar-refractivity contribution in [1.29, 1.82) is 0 Å². The molecule has 0 spiro atoms. The maximum Gasteiger partial charge on any atom is 0.305 e. The first-order valence-electron chi connectivity index (χ1n) is 6.63. The third-order valence-electron chi connectivity index (χ3n) is 3.37. The fraction of sp³-hybridized carbons (Fsp3) is 0.533. The highest BCUT2D eigenvalue weighted by Crippen LogP contribution is 2.20. The van der Waals surface area contributed by atoms with Gasteiger partial charge in [0.15, 0.2) is 0 Å². The summed E-state index contributed by atoms with van der Waals surface area (Å²) < 4.78 is 4.61. The number of benzene rings is 1. The van der Waals surface area contributed by atoms with Crippen LogP contribution in [0.2, 0.25) is 0 Å². The second kappa shape index (κ2) is 7.92. The van der Waals surface area contributed by atoms with E-state index < -0.39 is 6.10 Å².